The Hall–Kier alpha value is -2.64. The first kappa shape index (κ1) is 20.7. The van der Waals surface area contributed by atoms with E-state index in [9.17, 15) is 9.59 Å². The predicted molar refractivity (Wildman–Crippen MR) is 104 cm³/mol. The van der Waals surface area contributed by atoms with Crippen LogP contribution in [0.25, 0.3) is 0 Å². The van der Waals surface area contributed by atoms with Gasteiger partial charge in [0.25, 0.3) is 0 Å². The molecule has 2 aromatic rings. The van der Waals surface area contributed by atoms with Crippen LogP contribution in [0.4, 0.5) is 0 Å². The fourth-order valence-electron chi connectivity index (χ4n) is 2.99. The van der Waals surface area contributed by atoms with Gasteiger partial charge in [0.2, 0.25) is 11.8 Å². The van der Waals surface area contributed by atoms with E-state index in [0.29, 0.717) is 24.4 Å². The van der Waals surface area contributed by atoms with Gasteiger partial charge < -0.3 is 20.7 Å². The summed E-state index contributed by atoms with van der Waals surface area (Å²) in [7, 11) is 0. The number of amides is 2. The number of aromatic nitrogens is 1. The number of carbonyl (C=O) groups is 2. The third-order valence-electron chi connectivity index (χ3n) is 4.36. The minimum absolute atomic E-state index is 0. The monoisotopic (exact) mass is 390 g/mol. The summed E-state index contributed by atoms with van der Waals surface area (Å²) in [6.07, 6.45) is 3.81. The lowest BCUT2D eigenvalue weighted by atomic mass is 10.0. The molecule has 1 aromatic heterocycles. The van der Waals surface area contributed by atoms with Crippen molar-refractivity contribution in [2.45, 2.75) is 12.5 Å². The molecule has 3 N–H and O–H groups in total. The fraction of sp³-hybridized carbons (Fsp3) is 0.316. The fourth-order valence-corrected chi connectivity index (χ4v) is 2.99. The topological polar surface area (TPSA) is 97.6 Å². The number of halogens is 1. The lowest BCUT2D eigenvalue weighted by molar-refractivity contribution is -0.135. The van der Waals surface area contributed by atoms with Gasteiger partial charge in [0.15, 0.2) is 0 Å². The van der Waals surface area contributed by atoms with Crippen molar-refractivity contribution in [3.63, 3.8) is 0 Å². The van der Waals surface area contributed by atoms with Gasteiger partial charge in [-0.25, -0.2) is 0 Å². The average molecular weight is 391 g/mol. The molecular formula is C19H23ClN4O3. The molecule has 0 radical (unpaired) electrons. The van der Waals surface area contributed by atoms with Crippen molar-refractivity contribution < 1.29 is 14.3 Å². The molecule has 0 bridgehead atoms. The molecule has 2 heterocycles. The zero-order valence-electron chi connectivity index (χ0n) is 14.8. The number of ether oxygens (including phenoxy) is 1. The summed E-state index contributed by atoms with van der Waals surface area (Å²) in [5.74, 6) is 0.174. The number of benzene rings is 1. The van der Waals surface area contributed by atoms with E-state index in [4.69, 9.17) is 10.5 Å². The summed E-state index contributed by atoms with van der Waals surface area (Å²) in [4.78, 5) is 29.7. The van der Waals surface area contributed by atoms with Gasteiger partial charge in [-0.2, -0.15) is 0 Å². The van der Waals surface area contributed by atoms with E-state index in [2.05, 4.69) is 10.3 Å². The van der Waals surface area contributed by atoms with Gasteiger partial charge in [0, 0.05) is 37.6 Å². The number of hydrogen-bond acceptors (Lipinski definition) is 5. The maximum atomic E-state index is 12.7. The number of rotatable bonds is 6. The van der Waals surface area contributed by atoms with Crippen LogP contribution in [0.5, 0.6) is 5.75 Å². The number of primary amides is 1. The van der Waals surface area contributed by atoms with Crippen LogP contribution in [0.2, 0.25) is 0 Å². The van der Waals surface area contributed by atoms with Crippen molar-refractivity contribution in [3.05, 3.63) is 59.9 Å². The maximum Gasteiger partial charge on any atom is 0.248 e. The number of nitrogens with zero attached hydrogens (tertiary/aromatic N) is 2. The molecule has 0 saturated carbocycles. The van der Waals surface area contributed by atoms with Crippen LogP contribution in [0.15, 0.2) is 48.8 Å². The van der Waals surface area contributed by atoms with Crippen LogP contribution < -0.4 is 15.8 Å². The second-order valence-corrected chi connectivity index (χ2v) is 6.08. The van der Waals surface area contributed by atoms with Gasteiger partial charge in [0.05, 0.1) is 19.1 Å². The molecular weight excluding hydrogens is 368 g/mol. The summed E-state index contributed by atoms with van der Waals surface area (Å²) in [6.45, 7) is 2.43. The standard InChI is InChI=1S/C19H22N4O3.ClH/c20-19(25)14-3-5-16(6-4-14)26-11-7-18(24)23-10-9-22-13-17(23)15-2-1-8-21-12-15;/h1-6,8,12,17,22H,7,9-11,13H2,(H2,20,25);1H. The Morgan fingerprint density at radius 2 is 2.04 bits per heavy atom. The van der Waals surface area contributed by atoms with Gasteiger partial charge in [0.1, 0.15) is 5.75 Å². The molecule has 1 aliphatic heterocycles. The molecule has 1 atom stereocenters. The van der Waals surface area contributed by atoms with Gasteiger partial charge in [-0.15, -0.1) is 12.4 Å². The number of hydrogen-bond donors (Lipinski definition) is 2. The van der Waals surface area contributed by atoms with Gasteiger partial charge in [-0.05, 0) is 35.9 Å². The predicted octanol–water partition coefficient (Wildman–Crippen LogP) is 1.54. The minimum atomic E-state index is -0.480. The van der Waals surface area contributed by atoms with Crippen LogP contribution >= 0.6 is 12.4 Å². The van der Waals surface area contributed by atoms with Crippen LogP contribution in [-0.4, -0.2) is 47.9 Å². The van der Waals surface area contributed by atoms with E-state index >= 15 is 0 Å². The molecule has 7 nitrogen and oxygen atoms in total. The maximum absolute atomic E-state index is 12.7. The van der Waals surface area contributed by atoms with Crippen LogP contribution in [0.1, 0.15) is 28.4 Å². The highest BCUT2D eigenvalue weighted by Crippen LogP contribution is 2.22. The first-order chi connectivity index (χ1) is 12.6. The quantitative estimate of drug-likeness (QED) is 0.779. The highest BCUT2D eigenvalue weighted by Gasteiger charge is 2.27. The Morgan fingerprint density at radius 1 is 1.26 bits per heavy atom. The molecule has 1 unspecified atom stereocenters. The summed E-state index contributed by atoms with van der Waals surface area (Å²) in [5, 5.41) is 3.32. The molecule has 1 fully saturated rings. The third kappa shape index (κ3) is 5.42. The van der Waals surface area contributed by atoms with E-state index in [1.165, 1.54) is 0 Å². The first-order valence-electron chi connectivity index (χ1n) is 8.58. The SMILES string of the molecule is Cl.NC(=O)c1ccc(OCCC(=O)N2CCNCC2c2cccnc2)cc1. The molecule has 1 saturated heterocycles. The number of nitrogens with one attached hydrogen (secondary N) is 1. The van der Waals surface area contributed by atoms with Crippen molar-refractivity contribution in [1.82, 2.24) is 15.2 Å². The van der Waals surface area contributed by atoms with E-state index in [0.717, 1.165) is 12.1 Å². The van der Waals surface area contributed by atoms with Crippen LogP contribution in [0.3, 0.4) is 0 Å². The third-order valence-corrected chi connectivity index (χ3v) is 4.36. The number of carbonyl (C=O) groups excluding carboxylic acids is 2. The highest BCUT2D eigenvalue weighted by molar-refractivity contribution is 5.92. The van der Waals surface area contributed by atoms with Gasteiger partial charge in [-0.1, -0.05) is 6.07 Å². The van der Waals surface area contributed by atoms with E-state index in [1.54, 1.807) is 36.7 Å². The number of piperazine rings is 1. The largest absolute Gasteiger partial charge is 0.493 e. The first-order valence-corrected chi connectivity index (χ1v) is 8.58. The van der Waals surface area contributed by atoms with E-state index in [1.807, 2.05) is 17.0 Å². The average Bonchev–Trinajstić information content (AvgIpc) is 2.69. The number of nitrogens with two attached hydrogens (primary N) is 1. The lowest BCUT2D eigenvalue weighted by Gasteiger charge is -2.36. The number of pyridine rings is 1. The summed E-state index contributed by atoms with van der Waals surface area (Å²) in [5.41, 5.74) is 6.66. The molecule has 144 valence electrons. The molecule has 1 aliphatic rings. The van der Waals surface area contributed by atoms with Crippen molar-refractivity contribution in [1.29, 1.82) is 0 Å². The molecule has 0 spiro atoms. The molecule has 0 aliphatic carbocycles. The zero-order valence-corrected chi connectivity index (χ0v) is 15.7. The van der Waals surface area contributed by atoms with E-state index in [-0.39, 0.29) is 37.4 Å². The van der Waals surface area contributed by atoms with Gasteiger partial charge in [-0.3, -0.25) is 14.6 Å². The second-order valence-electron chi connectivity index (χ2n) is 6.08. The summed E-state index contributed by atoms with van der Waals surface area (Å²) >= 11 is 0. The van der Waals surface area contributed by atoms with Crippen molar-refractivity contribution in [2.75, 3.05) is 26.2 Å². The van der Waals surface area contributed by atoms with Crippen molar-refractivity contribution >= 4 is 24.2 Å². The molecule has 1 aromatic carbocycles. The van der Waals surface area contributed by atoms with Crippen molar-refractivity contribution in [2.24, 2.45) is 5.73 Å². The molecule has 8 heteroatoms. The Labute approximate surface area is 164 Å². The Bertz CT molecular complexity index is 755. The van der Waals surface area contributed by atoms with Gasteiger partial charge >= 0.3 is 0 Å². The summed E-state index contributed by atoms with van der Waals surface area (Å²) in [6, 6.07) is 10.4. The second kappa shape index (κ2) is 9.89. The lowest BCUT2D eigenvalue weighted by Crippen LogP contribution is -2.49. The smallest absolute Gasteiger partial charge is 0.248 e. The van der Waals surface area contributed by atoms with Crippen molar-refractivity contribution in [3.8, 4) is 5.75 Å². The Balaban J connectivity index is 0.00000261. The minimum Gasteiger partial charge on any atom is -0.493 e. The normalized spacial score (nSPS) is 16.3. The summed E-state index contributed by atoms with van der Waals surface area (Å²) < 4.78 is 5.62. The zero-order chi connectivity index (χ0) is 18.4. The molecule has 27 heavy (non-hydrogen) atoms. The van der Waals surface area contributed by atoms with Crippen LogP contribution in [0, 0.1) is 0 Å². The Kier molecular flexibility index (Phi) is 7.57. The highest BCUT2D eigenvalue weighted by atomic mass is 35.5. The molecule has 3 rings (SSSR count). The van der Waals surface area contributed by atoms with E-state index < -0.39 is 5.91 Å². The Morgan fingerprint density at radius 3 is 2.70 bits per heavy atom. The van der Waals surface area contributed by atoms with Crippen LogP contribution in [-0.2, 0) is 4.79 Å². The molecule has 2 amide bonds.